The molecule has 0 aromatic heterocycles. The van der Waals surface area contributed by atoms with E-state index < -0.39 is 17.8 Å². The van der Waals surface area contributed by atoms with Crippen LogP contribution in [0.1, 0.15) is 48.2 Å². The van der Waals surface area contributed by atoms with Gasteiger partial charge in [0.2, 0.25) is 0 Å². The molecule has 0 radical (unpaired) electrons. The number of carbonyl (C=O) groups is 2. The standard InChI is InChI=1S/C22H27FN2O3/c1-14(2)17-10-9-15(3)20(13-17)28-16(4)21(26)24-11-12-25-22(27)18-7-5-6-8-19(18)23/h5-10,13-14,16H,11-12H2,1-4H3,(H,24,26)(H,25,27). The number of hydrogen-bond donors (Lipinski definition) is 2. The van der Waals surface area contributed by atoms with Crippen molar-refractivity contribution >= 4 is 11.8 Å². The van der Waals surface area contributed by atoms with Gasteiger partial charge in [0.05, 0.1) is 5.56 Å². The van der Waals surface area contributed by atoms with Crippen LogP contribution in [0.15, 0.2) is 42.5 Å². The van der Waals surface area contributed by atoms with Crippen LogP contribution in [0.2, 0.25) is 0 Å². The van der Waals surface area contributed by atoms with Gasteiger partial charge in [-0.3, -0.25) is 9.59 Å². The molecule has 0 bridgehead atoms. The monoisotopic (exact) mass is 386 g/mol. The van der Waals surface area contributed by atoms with Crippen molar-refractivity contribution in [3.8, 4) is 5.75 Å². The maximum absolute atomic E-state index is 13.6. The third-order valence-corrected chi connectivity index (χ3v) is 4.38. The predicted molar refractivity (Wildman–Crippen MR) is 107 cm³/mol. The van der Waals surface area contributed by atoms with Gasteiger partial charge in [-0.2, -0.15) is 0 Å². The van der Waals surface area contributed by atoms with Crippen LogP contribution < -0.4 is 15.4 Å². The summed E-state index contributed by atoms with van der Waals surface area (Å²) in [6, 6.07) is 11.7. The van der Waals surface area contributed by atoms with Gasteiger partial charge >= 0.3 is 0 Å². The molecule has 2 aromatic rings. The predicted octanol–water partition coefficient (Wildman–Crippen LogP) is 3.57. The minimum atomic E-state index is -0.677. The third-order valence-electron chi connectivity index (χ3n) is 4.38. The third kappa shape index (κ3) is 5.81. The molecule has 0 saturated carbocycles. The van der Waals surface area contributed by atoms with Gasteiger partial charge in [-0.25, -0.2) is 4.39 Å². The number of ether oxygens (including phenoxy) is 1. The van der Waals surface area contributed by atoms with E-state index in [4.69, 9.17) is 4.74 Å². The summed E-state index contributed by atoms with van der Waals surface area (Å²) in [5.74, 6) is -0.329. The van der Waals surface area contributed by atoms with Crippen LogP contribution in [0, 0.1) is 12.7 Å². The molecule has 0 spiro atoms. The van der Waals surface area contributed by atoms with Gasteiger partial charge in [-0.15, -0.1) is 0 Å². The Morgan fingerprint density at radius 3 is 2.39 bits per heavy atom. The Kier molecular flexibility index (Phi) is 7.55. The summed E-state index contributed by atoms with van der Waals surface area (Å²) >= 11 is 0. The van der Waals surface area contributed by atoms with Crippen molar-refractivity contribution in [2.75, 3.05) is 13.1 Å². The Morgan fingerprint density at radius 2 is 1.71 bits per heavy atom. The van der Waals surface area contributed by atoms with Crippen LogP contribution >= 0.6 is 0 Å². The van der Waals surface area contributed by atoms with Crippen LogP contribution in [-0.4, -0.2) is 31.0 Å². The number of nitrogens with one attached hydrogen (secondary N) is 2. The fourth-order valence-corrected chi connectivity index (χ4v) is 2.59. The summed E-state index contributed by atoms with van der Waals surface area (Å²) < 4.78 is 19.4. The summed E-state index contributed by atoms with van der Waals surface area (Å²) in [5, 5.41) is 5.29. The summed E-state index contributed by atoms with van der Waals surface area (Å²) in [6.45, 7) is 8.21. The van der Waals surface area contributed by atoms with Crippen molar-refractivity contribution in [1.82, 2.24) is 10.6 Å². The lowest BCUT2D eigenvalue weighted by Crippen LogP contribution is -2.40. The lowest BCUT2D eigenvalue weighted by atomic mass is 10.0. The number of halogens is 1. The summed E-state index contributed by atoms with van der Waals surface area (Å²) in [6.07, 6.45) is -0.677. The quantitative estimate of drug-likeness (QED) is 0.682. The van der Waals surface area contributed by atoms with Crippen molar-refractivity contribution in [2.45, 2.75) is 39.7 Å². The maximum Gasteiger partial charge on any atom is 0.260 e. The highest BCUT2D eigenvalue weighted by atomic mass is 19.1. The molecule has 2 amide bonds. The van der Waals surface area contributed by atoms with Crippen molar-refractivity contribution in [2.24, 2.45) is 0 Å². The van der Waals surface area contributed by atoms with Gasteiger partial charge in [0.15, 0.2) is 6.10 Å². The number of hydrogen-bond acceptors (Lipinski definition) is 3. The normalized spacial score (nSPS) is 11.8. The van der Waals surface area contributed by atoms with E-state index >= 15 is 0 Å². The Balaban J connectivity index is 1.81. The van der Waals surface area contributed by atoms with Gasteiger partial charge in [0, 0.05) is 13.1 Å². The molecule has 0 saturated heterocycles. The summed E-state index contributed by atoms with van der Waals surface area (Å²) in [5.41, 5.74) is 2.08. The lowest BCUT2D eigenvalue weighted by Gasteiger charge is -2.18. The molecule has 0 aliphatic heterocycles. The zero-order valence-corrected chi connectivity index (χ0v) is 16.7. The van der Waals surface area contributed by atoms with Gasteiger partial charge < -0.3 is 15.4 Å². The SMILES string of the molecule is Cc1ccc(C(C)C)cc1OC(C)C(=O)NCCNC(=O)c1ccccc1F. The fraction of sp³-hybridized carbons (Fsp3) is 0.364. The molecule has 150 valence electrons. The first kappa shape index (κ1) is 21.4. The van der Waals surface area contributed by atoms with E-state index in [1.807, 2.05) is 19.1 Å². The van der Waals surface area contributed by atoms with Crippen molar-refractivity contribution < 1.29 is 18.7 Å². The molecule has 2 aromatic carbocycles. The number of carbonyl (C=O) groups excluding carboxylic acids is 2. The zero-order valence-electron chi connectivity index (χ0n) is 16.7. The average molecular weight is 386 g/mol. The van der Waals surface area contributed by atoms with Gasteiger partial charge in [-0.05, 0) is 49.1 Å². The summed E-state index contributed by atoms with van der Waals surface area (Å²) in [7, 11) is 0. The molecule has 0 fully saturated rings. The molecule has 6 heteroatoms. The highest BCUT2D eigenvalue weighted by molar-refractivity contribution is 5.94. The van der Waals surface area contributed by atoms with Crippen LogP contribution in [-0.2, 0) is 4.79 Å². The maximum atomic E-state index is 13.6. The van der Waals surface area contributed by atoms with Gasteiger partial charge in [0.25, 0.3) is 11.8 Å². The van der Waals surface area contributed by atoms with E-state index in [0.717, 1.165) is 11.1 Å². The fourth-order valence-electron chi connectivity index (χ4n) is 2.59. The first-order chi connectivity index (χ1) is 13.3. The highest BCUT2D eigenvalue weighted by Crippen LogP contribution is 2.25. The van der Waals surface area contributed by atoms with Gasteiger partial charge in [0.1, 0.15) is 11.6 Å². The van der Waals surface area contributed by atoms with E-state index in [2.05, 4.69) is 30.5 Å². The molecule has 28 heavy (non-hydrogen) atoms. The topological polar surface area (TPSA) is 67.4 Å². The van der Waals surface area contributed by atoms with Crippen molar-refractivity contribution in [3.05, 3.63) is 65.0 Å². The zero-order chi connectivity index (χ0) is 20.7. The molecule has 0 aliphatic rings. The van der Waals surface area contributed by atoms with Gasteiger partial charge in [-0.1, -0.05) is 38.1 Å². The molecule has 2 rings (SSSR count). The van der Waals surface area contributed by atoms with E-state index in [-0.39, 0.29) is 24.6 Å². The highest BCUT2D eigenvalue weighted by Gasteiger charge is 2.16. The van der Waals surface area contributed by atoms with E-state index in [1.54, 1.807) is 13.0 Å². The Labute approximate surface area is 165 Å². The van der Waals surface area contributed by atoms with Crippen LogP contribution in [0.4, 0.5) is 4.39 Å². The smallest absolute Gasteiger partial charge is 0.260 e. The lowest BCUT2D eigenvalue weighted by molar-refractivity contribution is -0.127. The second-order valence-electron chi connectivity index (χ2n) is 6.97. The van der Waals surface area contributed by atoms with E-state index in [9.17, 15) is 14.0 Å². The van der Waals surface area contributed by atoms with Crippen LogP contribution in [0.3, 0.4) is 0 Å². The molecule has 2 N–H and O–H groups in total. The first-order valence-corrected chi connectivity index (χ1v) is 9.37. The molecule has 0 heterocycles. The average Bonchev–Trinajstić information content (AvgIpc) is 2.66. The Morgan fingerprint density at radius 1 is 1.04 bits per heavy atom. The molecular formula is C22H27FN2O3. The number of aryl methyl sites for hydroxylation is 1. The Bertz CT molecular complexity index is 836. The molecule has 1 unspecified atom stereocenters. The van der Waals surface area contributed by atoms with Crippen molar-refractivity contribution in [3.63, 3.8) is 0 Å². The molecule has 1 atom stereocenters. The molecule has 5 nitrogen and oxygen atoms in total. The molecular weight excluding hydrogens is 359 g/mol. The van der Waals surface area contributed by atoms with E-state index in [1.165, 1.54) is 18.2 Å². The largest absolute Gasteiger partial charge is 0.481 e. The second-order valence-corrected chi connectivity index (χ2v) is 6.97. The first-order valence-electron chi connectivity index (χ1n) is 9.37. The number of benzene rings is 2. The van der Waals surface area contributed by atoms with Crippen LogP contribution in [0.5, 0.6) is 5.75 Å². The summed E-state index contributed by atoms with van der Waals surface area (Å²) in [4.78, 5) is 24.2. The Hall–Kier alpha value is -2.89. The minimum Gasteiger partial charge on any atom is -0.481 e. The molecule has 0 aliphatic carbocycles. The number of amides is 2. The van der Waals surface area contributed by atoms with Crippen molar-refractivity contribution in [1.29, 1.82) is 0 Å². The second kappa shape index (κ2) is 9.88. The van der Waals surface area contributed by atoms with E-state index in [0.29, 0.717) is 11.7 Å². The van der Waals surface area contributed by atoms with Crippen LogP contribution in [0.25, 0.3) is 0 Å². The number of rotatable bonds is 8. The minimum absolute atomic E-state index is 0.0222.